The maximum Gasteiger partial charge on any atom is 0.304 e. The molecule has 9 heteroatoms. The molecule has 1 aromatic heterocycles. The van der Waals surface area contributed by atoms with Crippen molar-refractivity contribution in [2.45, 2.75) is 110 Å². The van der Waals surface area contributed by atoms with Crippen molar-refractivity contribution in [3.8, 4) is 11.6 Å². The van der Waals surface area contributed by atoms with Crippen LogP contribution in [-0.2, 0) is 20.8 Å². The van der Waals surface area contributed by atoms with Crippen LogP contribution in [0.3, 0.4) is 0 Å². The van der Waals surface area contributed by atoms with Crippen LogP contribution < -0.4 is 9.47 Å². The van der Waals surface area contributed by atoms with E-state index < -0.39 is 29.4 Å². The highest BCUT2D eigenvalue weighted by atomic mass is 16.5. The van der Waals surface area contributed by atoms with Gasteiger partial charge >= 0.3 is 5.97 Å². The van der Waals surface area contributed by atoms with Gasteiger partial charge in [-0.25, -0.2) is 9.97 Å². The topological polar surface area (TPSA) is 119 Å². The first-order chi connectivity index (χ1) is 21.5. The summed E-state index contributed by atoms with van der Waals surface area (Å²) < 4.78 is 12.1. The zero-order valence-electron chi connectivity index (χ0n) is 27.7. The number of aryl methyl sites for hydroxylation is 1. The number of aliphatic carboxylic acids is 1. The van der Waals surface area contributed by atoms with Crippen LogP contribution in [-0.4, -0.2) is 63.9 Å². The molecule has 1 N–H and O–H groups in total. The number of ether oxygens (including phenoxy) is 2. The Bertz CT molecular complexity index is 1370. The number of benzene rings is 1. The monoisotopic (exact) mass is 621 g/mol. The van der Waals surface area contributed by atoms with Crippen LogP contribution in [0, 0.1) is 35.0 Å². The highest BCUT2D eigenvalue weighted by Gasteiger charge is 2.48. The minimum absolute atomic E-state index is 0.188. The summed E-state index contributed by atoms with van der Waals surface area (Å²) in [6.45, 7) is 7.75. The molecule has 3 fully saturated rings. The number of carboxylic acid groups (broad SMARTS) is 1. The van der Waals surface area contributed by atoms with Crippen molar-refractivity contribution in [3.05, 3.63) is 23.9 Å². The normalized spacial score (nSPS) is 25.3. The fourth-order valence-corrected chi connectivity index (χ4v) is 7.27. The smallest absolute Gasteiger partial charge is 0.304 e. The zero-order valence-corrected chi connectivity index (χ0v) is 27.7. The van der Waals surface area contributed by atoms with Gasteiger partial charge in [0, 0.05) is 12.0 Å². The molecule has 1 aliphatic heterocycles. The average Bonchev–Trinajstić information content (AvgIpc) is 3.93. The first kappa shape index (κ1) is 33.1. The van der Waals surface area contributed by atoms with Gasteiger partial charge in [0.1, 0.15) is 23.8 Å². The average molecular weight is 622 g/mol. The van der Waals surface area contributed by atoms with Gasteiger partial charge in [0.25, 0.3) is 0 Å². The zero-order chi connectivity index (χ0) is 32.3. The van der Waals surface area contributed by atoms with Gasteiger partial charge in [-0.05, 0) is 67.4 Å². The summed E-state index contributed by atoms with van der Waals surface area (Å²) in [5.74, 6) is 1.65. The van der Waals surface area contributed by atoms with Crippen LogP contribution >= 0.6 is 0 Å². The molecule has 1 unspecified atom stereocenters. The van der Waals surface area contributed by atoms with E-state index in [1.807, 2.05) is 45.9 Å². The van der Waals surface area contributed by atoms with E-state index in [1.165, 1.54) is 43.4 Å². The molecule has 5 rings (SSSR count). The Morgan fingerprint density at radius 3 is 2.53 bits per heavy atom. The van der Waals surface area contributed by atoms with E-state index in [0.29, 0.717) is 23.6 Å². The van der Waals surface area contributed by atoms with Gasteiger partial charge in [-0.3, -0.25) is 9.59 Å². The Morgan fingerprint density at radius 1 is 1.11 bits per heavy atom. The van der Waals surface area contributed by atoms with E-state index in [-0.39, 0.29) is 24.8 Å². The summed E-state index contributed by atoms with van der Waals surface area (Å²) in [5.41, 5.74) is 1.62. The minimum Gasteiger partial charge on any atom is -0.497 e. The number of carboxylic acids is 1. The largest absolute Gasteiger partial charge is 0.497 e. The van der Waals surface area contributed by atoms with Gasteiger partial charge in [0.15, 0.2) is 0 Å². The van der Waals surface area contributed by atoms with E-state index in [9.17, 15) is 19.5 Å². The molecule has 6 atom stereocenters. The fraction of sp³-hybridized carbons (Fsp3) is 0.694. The number of fused-ring (bicyclic) bond motifs is 1. The van der Waals surface area contributed by atoms with Crippen molar-refractivity contribution in [2.75, 3.05) is 13.7 Å². The molecule has 0 spiro atoms. The van der Waals surface area contributed by atoms with Gasteiger partial charge in [-0.1, -0.05) is 59.8 Å². The van der Waals surface area contributed by atoms with E-state index in [1.54, 1.807) is 7.11 Å². The van der Waals surface area contributed by atoms with Crippen molar-refractivity contribution in [1.82, 2.24) is 14.9 Å². The Hall–Kier alpha value is -3.23. The number of hydrogen-bond acceptors (Lipinski definition) is 7. The van der Waals surface area contributed by atoms with Crippen molar-refractivity contribution < 1.29 is 29.0 Å². The summed E-state index contributed by atoms with van der Waals surface area (Å²) >= 11 is 0. The van der Waals surface area contributed by atoms with Gasteiger partial charge in [0.2, 0.25) is 11.8 Å². The van der Waals surface area contributed by atoms with Crippen LogP contribution in [0.5, 0.6) is 11.6 Å². The molecule has 1 aromatic carbocycles. The standard InChI is InChI=1S/C36H51N3O6/c1-6-26-31(21-40)39(35(43)27(19-33(41)42)36(2,3)4)20-32(26)45-34-29(37-28-15-14-25(44-5)18-30(28)38-34)11-9-7-8-10-23-17-24(23)16-22-12-13-22/h14-15,18,21-24,26-27,31-32H,6-13,16-17,19-20H2,1-5H3,(H,41,42)/t23-,24?,26+,27-,31-,32+/m1/s1. The van der Waals surface area contributed by atoms with Crippen LogP contribution in [0.25, 0.3) is 11.0 Å². The minimum atomic E-state index is -1.04. The summed E-state index contributed by atoms with van der Waals surface area (Å²) in [6.07, 6.45) is 11.8. The highest BCUT2D eigenvalue weighted by Crippen LogP contribution is 2.50. The first-order valence-corrected chi connectivity index (χ1v) is 17.0. The van der Waals surface area contributed by atoms with Gasteiger partial charge in [-0.15, -0.1) is 0 Å². The highest BCUT2D eigenvalue weighted by molar-refractivity contribution is 5.86. The van der Waals surface area contributed by atoms with Gasteiger partial charge < -0.3 is 24.3 Å². The maximum atomic E-state index is 13.8. The second-order valence-corrected chi connectivity index (χ2v) is 14.7. The molecule has 1 saturated heterocycles. The van der Waals surface area contributed by atoms with Crippen LogP contribution in [0.15, 0.2) is 18.2 Å². The Kier molecular flexibility index (Phi) is 10.3. The van der Waals surface area contributed by atoms with Crippen molar-refractivity contribution in [2.24, 2.45) is 35.0 Å². The second-order valence-electron chi connectivity index (χ2n) is 14.7. The summed E-state index contributed by atoms with van der Waals surface area (Å²) in [4.78, 5) is 49.3. The Morgan fingerprint density at radius 2 is 1.89 bits per heavy atom. The Balaban J connectivity index is 1.32. The molecule has 9 nitrogen and oxygen atoms in total. The van der Waals surface area contributed by atoms with E-state index in [4.69, 9.17) is 19.4 Å². The molecule has 2 aromatic rings. The molecular formula is C36H51N3O6. The molecule has 246 valence electrons. The van der Waals surface area contributed by atoms with Gasteiger partial charge in [-0.2, -0.15) is 0 Å². The van der Waals surface area contributed by atoms with Crippen molar-refractivity contribution in [3.63, 3.8) is 0 Å². The molecule has 1 amide bonds. The number of methoxy groups -OCH3 is 1. The number of nitrogens with zero attached hydrogens (tertiary/aromatic N) is 3. The van der Waals surface area contributed by atoms with Crippen LogP contribution in [0.1, 0.15) is 97.6 Å². The number of amides is 1. The molecular weight excluding hydrogens is 570 g/mol. The lowest BCUT2D eigenvalue weighted by atomic mass is 9.77. The van der Waals surface area contributed by atoms with Crippen LogP contribution in [0.2, 0.25) is 0 Å². The second kappa shape index (κ2) is 14.0. The summed E-state index contributed by atoms with van der Waals surface area (Å²) in [7, 11) is 1.61. The molecule has 2 aliphatic carbocycles. The Labute approximate surface area is 267 Å². The number of aromatic nitrogens is 2. The lowest BCUT2D eigenvalue weighted by Crippen LogP contribution is -2.46. The SMILES string of the molecule is CC[C@@H]1[C@@H](Oc2nc3cc(OC)ccc3nc2CCCCC[C@@H]2CC2CC2CC2)CN(C(=O)[C@@H](CC(=O)O)C(C)(C)C)[C@@H]1C=O. The van der Waals surface area contributed by atoms with E-state index in [0.717, 1.165) is 54.5 Å². The first-order valence-electron chi connectivity index (χ1n) is 17.0. The number of likely N-dealkylation sites (tertiary alicyclic amines) is 1. The van der Waals surface area contributed by atoms with Crippen LogP contribution in [0.4, 0.5) is 0 Å². The summed E-state index contributed by atoms with van der Waals surface area (Å²) in [6, 6.07) is 4.92. The molecule has 2 saturated carbocycles. The number of aldehydes is 1. The lowest BCUT2D eigenvalue weighted by molar-refractivity contribution is -0.149. The molecule has 3 aliphatic rings. The van der Waals surface area contributed by atoms with E-state index >= 15 is 0 Å². The lowest BCUT2D eigenvalue weighted by Gasteiger charge is -2.33. The third kappa shape index (κ3) is 8.14. The molecule has 2 heterocycles. The number of carbonyl (C=O) groups is 3. The number of carbonyl (C=O) groups excluding carboxylic acids is 2. The molecule has 0 radical (unpaired) electrons. The van der Waals surface area contributed by atoms with Crippen molar-refractivity contribution >= 4 is 29.2 Å². The molecule has 45 heavy (non-hydrogen) atoms. The number of hydrogen-bond donors (Lipinski definition) is 1. The third-order valence-corrected chi connectivity index (χ3v) is 10.3. The third-order valence-electron chi connectivity index (χ3n) is 10.3. The predicted octanol–water partition coefficient (Wildman–Crippen LogP) is 6.50. The van der Waals surface area contributed by atoms with Gasteiger partial charge in [0.05, 0.1) is 43.1 Å². The maximum absolute atomic E-state index is 13.8. The van der Waals surface area contributed by atoms with Crippen molar-refractivity contribution in [1.29, 1.82) is 0 Å². The predicted molar refractivity (Wildman–Crippen MR) is 172 cm³/mol. The quantitative estimate of drug-likeness (QED) is 0.167. The number of unbranched alkanes of at least 4 members (excludes halogenated alkanes) is 2. The molecule has 0 bridgehead atoms. The van der Waals surface area contributed by atoms with E-state index in [2.05, 4.69) is 0 Å². The number of rotatable bonds is 16. The summed E-state index contributed by atoms with van der Waals surface area (Å²) in [5, 5.41) is 9.55. The fourth-order valence-electron chi connectivity index (χ4n) is 7.27.